The molecule has 0 radical (unpaired) electrons. The molecule has 140 valence electrons. The normalized spacial score (nSPS) is 11.3. The van der Waals surface area contributed by atoms with Gasteiger partial charge in [-0.3, -0.25) is 4.79 Å². The van der Waals surface area contributed by atoms with Crippen molar-refractivity contribution in [1.82, 2.24) is 20.2 Å². The fraction of sp³-hybridized carbons (Fsp3) is 0.222. The van der Waals surface area contributed by atoms with Gasteiger partial charge in [0.25, 0.3) is 0 Å². The number of carbonyl (C=O) groups is 1. The average Bonchev–Trinajstić information content (AvgIpc) is 3.07. The van der Waals surface area contributed by atoms with Crippen molar-refractivity contribution in [3.63, 3.8) is 0 Å². The molecule has 0 bridgehead atoms. The van der Waals surface area contributed by atoms with Gasteiger partial charge in [0.05, 0.1) is 10.6 Å². The van der Waals surface area contributed by atoms with E-state index in [1.165, 1.54) is 4.68 Å². The van der Waals surface area contributed by atoms with E-state index >= 15 is 0 Å². The molecule has 0 atom stereocenters. The summed E-state index contributed by atoms with van der Waals surface area (Å²) in [5, 5.41) is 14.0. The second-order valence-corrected chi connectivity index (χ2v) is 8.25. The first-order chi connectivity index (χ1) is 12.8. The number of anilines is 1. The number of amides is 1. The van der Waals surface area contributed by atoms with Gasteiger partial charge >= 0.3 is 0 Å². The number of aromatic nitrogens is 4. The molecule has 0 saturated heterocycles. The summed E-state index contributed by atoms with van der Waals surface area (Å²) in [4.78, 5) is 12.4. The maximum absolute atomic E-state index is 12.3. The van der Waals surface area contributed by atoms with Crippen molar-refractivity contribution in [1.29, 1.82) is 0 Å². The summed E-state index contributed by atoms with van der Waals surface area (Å²) in [6.45, 7) is 1.88. The van der Waals surface area contributed by atoms with Crippen LogP contribution in [-0.2, 0) is 21.7 Å². The zero-order valence-corrected chi connectivity index (χ0v) is 15.8. The summed E-state index contributed by atoms with van der Waals surface area (Å²) < 4.78 is 26.2. The first kappa shape index (κ1) is 18.7. The third-order valence-corrected chi connectivity index (χ3v) is 5.73. The molecule has 0 spiro atoms. The van der Waals surface area contributed by atoms with Crippen LogP contribution in [0.4, 0.5) is 5.69 Å². The SMILES string of the molecule is Cc1ccc(S(=O)(=O)CCC(=O)Nc2cccc(-c3nnnn3C)c2)cc1. The molecule has 1 aromatic heterocycles. The fourth-order valence-corrected chi connectivity index (χ4v) is 3.76. The molecule has 1 N–H and O–H groups in total. The van der Waals surface area contributed by atoms with Crippen LogP contribution in [0.1, 0.15) is 12.0 Å². The first-order valence-corrected chi connectivity index (χ1v) is 9.92. The van der Waals surface area contributed by atoms with Crippen molar-refractivity contribution in [2.75, 3.05) is 11.1 Å². The van der Waals surface area contributed by atoms with Crippen LogP contribution in [0.15, 0.2) is 53.4 Å². The zero-order chi connectivity index (χ0) is 19.4. The van der Waals surface area contributed by atoms with Crippen molar-refractivity contribution >= 4 is 21.4 Å². The molecule has 9 heteroatoms. The molecule has 2 aromatic carbocycles. The average molecular weight is 385 g/mol. The number of carbonyl (C=O) groups excluding carboxylic acids is 1. The molecule has 0 aliphatic rings. The molecule has 0 saturated carbocycles. The minimum atomic E-state index is -3.50. The second kappa shape index (κ2) is 7.67. The van der Waals surface area contributed by atoms with Crippen LogP contribution in [0.25, 0.3) is 11.4 Å². The lowest BCUT2D eigenvalue weighted by Crippen LogP contribution is -2.17. The van der Waals surface area contributed by atoms with Crippen LogP contribution in [0.3, 0.4) is 0 Å². The van der Waals surface area contributed by atoms with Gasteiger partial charge in [-0.25, -0.2) is 13.1 Å². The number of aryl methyl sites for hydroxylation is 2. The van der Waals surface area contributed by atoms with E-state index in [1.807, 2.05) is 13.0 Å². The highest BCUT2D eigenvalue weighted by Crippen LogP contribution is 2.20. The summed E-state index contributed by atoms with van der Waals surface area (Å²) >= 11 is 0. The Balaban J connectivity index is 1.64. The Morgan fingerprint density at radius 2 is 1.89 bits per heavy atom. The van der Waals surface area contributed by atoms with E-state index in [2.05, 4.69) is 20.8 Å². The van der Waals surface area contributed by atoms with Gasteiger partial charge in [0, 0.05) is 24.7 Å². The third-order valence-electron chi connectivity index (χ3n) is 4.00. The van der Waals surface area contributed by atoms with Crippen LogP contribution < -0.4 is 5.32 Å². The van der Waals surface area contributed by atoms with Gasteiger partial charge in [0.2, 0.25) is 5.91 Å². The molecule has 0 unspecified atom stereocenters. The maximum Gasteiger partial charge on any atom is 0.225 e. The number of nitrogens with one attached hydrogen (secondary N) is 1. The number of benzene rings is 2. The topological polar surface area (TPSA) is 107 Å². The molecular formula is C18H19N5O3S. The van der Waals surface area contributed by atoms with Gasteiger partial charge in [-0.1, -0.05) is 29.8 Å². The molecule has 3 rings (SSSR count). The summed E-state index contributed by atoms with van der Waals surface area (Å²) in [6, 6.07) is 13.6. The van der Waals surface area contributed by atoms with E-state index in [-0.39, 0.29) is 23.0 Å². The van der Waals surface area contributed by atoms with Crippen molar-refractivity contribution in [3.8, 4) is 11.4 Å². The predicted molar refractivity (Wildman–Crippen MR) is 101 cm³/mol. The summed E-state index contributed by atoms with van der Waals surface area (Å²) in [7, 11) is -1.79. The van der Waals surface area contributed by atoms with Crippen LogP contribution in [0.5, 0.6) is 0 Å². The molecule has 0 aliphatic carbocycles. The molecule has 0 aliphatic heterocycles. The minimum absolute atomic E-state index is 0.133. The lowest BCUT2D eigenvalue weighted by Gasteiger charge is -2.08. The van der Waals surface area contributed by atoms with E-state index in [0.29, 0.717) is 11.5 Å². The summed E-state index contributed by atoms with van der Waals surface area (Å²) in [5.41, 5.74) is 2.27. The van der Waals surface area contributed by atoms with Crippen molar-refractivity contribution in [2.24, 2.45) is 7.05 Å². The standard InChI is InChI=1S/C18H19N5O3S/c1-13-6-8-16(9-7-13)27(25,26)11-10-17(24)19-15-5-3-4-14(12-15)18-20-21-22-23(18)2/h3-9,12H,10-11H2,1-2H3,(H,19,24). The Morgan fingerprint density at radius 1 is 1.15 bits per heavy atom. The van der Waals surface area contributed by atoms with Crippen molar-refractivity contribution in [2.45, 2.75) is 18.2 Å². The van der Waals surface area contributed by atoms with Crippen molar-refractivity contribution < 1.29 is 13.2 Å². The Bertz CT molecular complexity index is 1060. The van der Waals surface area contributed by atoms with Crippen molar-refractivity contribution in [3.05, 3.63) is 54.1 Å². The highest BCUT2D eigenvalue weighted by Gasteiger charge is 2.16. The third kappa shape index (κ3) is 4.56. The van der Waals surface area contributed by atoms with Crippen LogP contribution >= 0.6 is 0 Å². The van der Waals surface area contributed by atoms with Gasteiger partial charge in [0.1, 0.15) is 0 Å². The van der Waals surface area contributed by atoms with E-state index in [9.17, 15) is 13.2 Å². The van der Waals surface area contributed by atoms with Gasteiger partial charge in [0.15, 0.2) is 15.7 Å². The van der Waals surface area contributed by atoms with E-state index in [4.69, 9.17) is 0 Å². The number of hydrogen-bond acceptors (Lipinski definition) is 6. The highest BCUT2D eigenvalue weighted by molar-refractivity contribution is 7.91. The molecular weight excluding hydrogens is 366 g/mol. The van der Waals surface area contributed by atoms with Crippen LogP contribution in [0.2, 0.25) is 0 Å². The van der Waals surface area contributed by atoms with Crippen LogP contribution in [-0.4, -0.2) is 40.3 Å². The summed E-state index contributed by atoms with van der Waals surface area (Å²) in [6.07, 6.45) is -0.133. The summed E-state index contributed by atoms with van der Waals surface area (Å²) in [5.74, 6) is -0.0682. The van der Waals surface area contributed by atoms with Gasteiger partial charge in [-0.05, 0) is 41.6 Å². The predicted octanol–water partition coefficient (Wildman–Crippen LogP) is 1.99. The van der Waals surface area contributed by atoms with Crippen LogP contribution in [0, 0.1) is 6.92 Å². The van der Waals surface area contributed by atoms with Gasteiger partial charge < -0.3 is 5.32 Å². The number of hydrogen-bond donors (Lipinski definition) is 1. The maximum atomic E-state index is 12.3. The molecule has 3 aromatic rings. The van der Waals surface area contributed by atoms with Gasteiger partial charge in [-0.2, -0.15) is 0 Å². The van der Waals surface area contributed by atoms with E-state index in [1.54, 1.807) is 49.5 Å². The number of nitrogens with zero attached hydrogens (tertiary/aromatic N) is 4. The van der Waals surface area contributed by atoms with E-state index in [0.717, 1.165) is 11.1 Å². The Kier molecular flexibility index (Phi) is 5.31. The minimum Gasteiger partial charge on any atom is -0.326 e. The molecule has 1 amide bonds. The highest BCUT2D eigenvalue weighted by atomic mass is 32.2. The zero-order valence-electron chi connectivity index (χ0n) is 15.0. The molecule has 1 heterocycles. The quantitative estimate of drug-likeness (QED) is 0.695. The number of sulfone groups is 1. The molecule has 0 fully saturated rings. The molecule has 27 heavy (non-hydrogen) atoms. The second-order valence-electron chi connectivity index (χ2n) is 6.14. The number of tetrazole rings is 1. The smallest absolute Gasteiger partial charge is 0.225 e. The lowest BCUT2D eigenvalue weighted by molar-refractivity contribution is -0.115. The van der Waals surface area contributed by atoms with Gasteiger partial charge in [-0.15, -0.1) is 5.10 Å². The lowest BCUT2D eigenvalue weighted by atomic mass is 10.2. The Morgan fingerprint density at radius 3 is 2.56 bits per heavy atom. The largest absolute Gasteiger partial charge is 0.326 e. The van der Waals surface area contributed by atoms with E-state index < -0.39 is 9.84 Å². The Hall–Kier alpha value is -3.07. The monoisotopic (exact) mass is 385 g/mol. The molecule has 8 nitrogen and oxygen atoms in total. The fourth-order valence-electron chi connectivity index (χ4n) is 2.52. The first-order valence-electron chi connectivity index (χ1n) is 8.27. The Labute approximate surface area is 157 Å². The number of rotatable bonds is 6.